The van der Waals surface area contributed by atoms with Crippen LogP contribution in [0.5, 0.6) is 0 Å². The van der Waals surface area contributed by atoms with Crippen molar-refractivity contribution in [3.8, 4) is 0 Å². The Morgan fingerprint density at radius 2 is 2.00 bits per heavy atom. The van der Waals surface area contributed by atoms with Crippen molar-refractivity contribution in [2.24, 2.45) is 0 Å². The molecule has 0 amide bonds. The molecule has 1 aromatic carbocycles. The minimum Gasteiger partial charge on any atom is -0.347 e. The predicted octanol–water partition coefficient (Wildman–Crippen LogP) is 4.52. The van der Waals surface area contributed by atoms with Gasteiger partial charge in [0.15, 0.2) is 0 Å². The standard InChI is InChI=1S/C19H28N2/c1-2-3-6-14-21-15-16(8-7-13-20-17-11-12-17)18-9-4-5-10-19(18)21/h4-5,9-10,15,17,20H,2-3,6-8,11-14H2,1H3. The van der Waals surface area contributed by atoms with E-state index in [0.717, 1.165) is 12.6 Å². The Bertz CT molecular complexity index is 566. The van der Waals surface area contributed by atoms with Crippen molar-refractivity contribution in [3.05, 3.63) is 36.0 Å². The number of benzene rings is 1. The van der Waals surface area contributed by atoms with E-state index in [9.17, 15) is 0 Å². The quantitative estimate of drug-likeness (QED) is 0.670. The predicted molar refractivity (Wildman–Crippen MR) is 90.8 cm³/mol. The fourth-order valence-corrected chi connectivity index (χ4v) is 3.11. The number of fused-ring (bicyclic) bond motifs is 1. The highest BCUT2D eigenvalue weighted by atomic mass is 15.0. The zero-order valence-corrected chi connectivity index (χ0v) is 13.3. The lowest BCUT2D eigenvalue weighted by Gasteiger charge is -2.03. The Morgan fingerprint density at radius 1 is 1.14 bits per heavy atom. The van der Waals surface area contributed by atoms with Gasteiger partial charge in [0.05, 0.1) is 0 Å². The third kappa shape index (κ3) is 3.88. The molecule has 0 saturated heterocycles. The summed E-state index contributed by atoms with van der Waals surface area (Å²) in [5.74, 6) is 0. The molecule has 3 rings (SSSR count). The largest absolute Gasteiger partial charge is 0.347 e. The summed E-state index contributed by atoms with van der Waals surface area (Å²) in [7, 11) is 0. The number of nitrogens with one attached hydrogen (secondary N) is 1. The Morgan fingerprint density at radius 3 is 2.81 bits per heavy atom. The van der Waals surface area contributed by atoms with Gasteiger partial charge >= 0.3 is 0 Å². The summed E-state index contributed by atoms with van der Waals surface area (Å²) in [6.45, 7) is 4.60. The molecular weight excluding hydrogens is 256 g/mol. The van der Waals surface area contributed by atoms with Gasteiger partial charge in [-0.15, -0.1) is 0 Å². The van der Waals surface area contributed by atoms with Crippen molar-refractivity contribution in [2.45, 2.75) is 64.5 Å². The van der Waals surface area contributed by atoms with Crippen LogP contribution in [0, 0.1) is 0 Å². The van der Waals surface area contributed by atoms with Crippen molar-refractivity contribution < 1.29 is 0 Å². The average molecular weight is 284 g/mol. The second kappa shape index (κ2) is 7.13. The number of nitrogens with zero attached hydrogens (tertiary/aromatic N) is 1. The number of unbranched alkanes of at least 4 members (excludes halogenated alkanes) is 2. The Balaban J connectivity index is 1.65. The lowest BCUT2D eigenvalue weighted by Crippen LogP contribution is -2.17. The van der Waals surface area contributed by atoms with Gasteiger partial charge in [-0.05, 0) is 50.3 Å². The first-order chi connectivity index (χ1) is 10.4. The molecule has 2 nitrogen and oxygen atoms in total. The Hall–Kier alpha value is -1.28. The van der Waals surface area contributed by atoms with E-state index >= 15 is 0 Å². The molecule has 2 aromatic rings. The Kier molecular flexibility index (Phi) is 4.97. The summed E-state index contributed by atoms with van der Waals surface area (Å²) in [5.41, 5.74) is 2.94. The number of aryl methyl sites for hydroxylation is 2. The number of para-hydroxylation sites is 1. The van der Waals surface area contributed by atoms with Crippen LogP contribution in [0.15, 0.2) is 30.5 Å². The van der Waals surface area contributed by atoms with E-state index in [4.69, 9.17) is 0 Å². The van der Waals surface area contributed by atoms with Crippen LogP contribution >= 0.6 is 0 Å². The van der Waals surface area contributed by atoms with Gasteiger partial charge in [-0.25, -0.2) is 0 Å². The molecule has 21 heavy (non-hydrogen) atoms. The highest BCUT2D eigenvalue weighted by molar-refractivity contribution is 5.83. The molecule has 0 atom stereocenters. The van der Waals surface area contributed by atoms with Gasteiger partial charge in [-0.1, -0.05) is 38.0 Å². The maximum atomic E-state index is 3.62. The van der Waals surface area contributed by atoms with E-state index in [1.54, 1.807) is 0 Å². The van der Waals surface area contributed by atoms with E-state index in [0.29, 0.717) is 0 Å². The second-order valence-electron chi connectivity index (χ2n) is 6.40. The maximum absolute atomic E-state index is 3.62. The summed E-state index contributed by atoms with van der Waals surface area (Å²) >= 11 is 0. The van der Waals surface area contributed by atoms with Crippen LogP contribution in [0.1, 0.15) is 51.0 Å². The lowest BCUT2D eigenvalue weighted by atomic mass is 10.1. The van der Waals surface area contributed by atoms with Gasteiger partial charge in [-0.2, -0.15) is 0 Å². The first-order valence-electron chi connectivity index (χ1n) is 8.68. The lowest BCUT2D eigenvalue weighted by molar-refractivity contribution is 0.613. The number of rotatable bonds is 9. The zero-order chi connectivity index (χ0) is 14.5. The molecule has 1 aromatic heterocycles. The van der Waals surface area contributed by atoms with Crippen LogP contribution < -0.4 is 5.32 Å². The summed E-state index contributed by atoms with van der Waals surface area (Å²) < 4.78 is 2.47. The minimum atomic E-state index is 0.834. The molecule has 1 fully saturated rings. The number of hydrogen-bond donors (Lipinski definition) is 1. The fraction of sp³-hybridized carbons (Fsp3) is 0.579. The molecule has 1 saturated carbocycles. The van der Waals surface area contributed by atoms with E-state index in [1.165, 1.54) is 68.0 Å². The molecule has 2 heteroatoms. The summed E-state index contributed by atoms with van der Waals surface area (Å²) in [6, 6.07) is 9.73. The van der Waals surface area contributed by atoms with E-state index in [-0.39, 0.29) is 0 Å². The summed E-state index contributed by atoms with van der Waals surface area (Å²) in [5, 5.41) is 5.08. The van der Waals surface area contributed by atoms with Crippen molar-refractivity contribution in [1.82, 2.24) is 9.88 Å². The Labute approximate surface area is 128 Å². The highest BCUT2D eigenvalue weighted by Crippen LogP contribution is 2.23. The molecule has 0 bridgehead atoms. The smallest absolute Gasteiger partial charge is 0.0483 e. The van der Waals surface area contributed by atoms with Gasteiger partial charge < -0.3 is 9.88 Å². The van der Waals surface area contributed by atoms with Gasteiger partial charge in [-0.3, -0.25) is 0 Å². The topological polar surface area (TPSA) is 17.0 Å². The van der Waals surface area contributed by atoms with Crippen LogP contribution in [0.25, 0.3) is 10.9 Å². The van der Waals surface area contributed by atoms with Crippen LogP contribution in [0.3, 0.4) is 0 Å². The van der Waals surface area contributed by atoms with E-state index in [1.807, 2.05) is 0 Å². The third-order valence-electron chi connectivity index (χ3n) is 4.51. The van der Waals surface area contributed by atoms with Crippen molar-refractivity contribution in [2.75, 3.05) is 6.54 Å². The monoisotopic (exact) mass is 284 g/mol. The number of aromatic nitrogens is 1. The highest BCUT2D eigenvalue weighted by Gasteiger charge is 2.19. The third-order valence-corrected chi connectivity index (χ3v) is 4.51. The number of hydrogen-bond acceptors (Lipinski definition) is 1. The van der Waals surface area contributed by atoms with Crippen molar-refractivity contribution >= 4 is 10.9 Å². The van der Waals surface area contributed by atoms with Crippen LogP contribution in [-0.4, -0.2) is 17.2 Å². The average Bonchev–Trinajstić information content (AvgIpc) is 3.27. The van der Waals surface area contributed by atoms with E-state index < -0.39 is 0 Å². The molecule has 114 valence electrons. The minimum absolute atomic E-state index is 0.834. The maximum Gasteiger partial charge on any atom is 0.0483 e. The van der Waals surface area contributed by atoms with Gasteiger partial charge in [0, 0.05) is 29.7 Å². The van der Waals surface area contributed by atoms with Crippen molar-refractivity contribution in [1.29, 1.82) is 0 Å². The first kappa shape index (κ1) is 14.6. The molecule has 0 unspecified atom stereocenters. The van der Waals surface area contributed by atoms with Gasteiger partial charge in [0.2, 0.25) is 0 Å². The molecule has 0 radical (unpaired) electrons. The molecular formula is C19H28N2. The second-order valence-corrected chi connectivity index (χ2v) is 6.40. The van der Waals surface area contributed by atoms with E-state index in [2.05, 4.69) is 47.3 Å². The first-order valence-corrected chi connectivity index (χ1v) is 8.68. The molecule has 1 aliphatic carbocycles. The van der Waals surface area contributed by atoms with Crippen molar-refractivity contribution in [3.63, 3.8) is 0 Å². The molecule has 1 aliphatic rings. The fourth-order valence-electron chi connectivity index (χ4n) is 3.11. The molecule has 0 aliphatic heterocycles. The normalized spacial score (nSPS) is 14.9. The van der Waals surface area contributed by atoms with Crippen LogP contribution in [0.2, 0.25) is 0 Å². The van der Waals surface area contributed by atoms with Gasteiger partial charge in [0.1, 0.15) is 0 Å². The van der Waals surface area contributed by atoms with Crippen LogP contribution in [-0.2, 0) is 13.0 Å². The van der Waals surface area contributed by atoms with Crippen LogP contribution in [0.4, 0.5) is 0 Å². The zero-order valence-electron chi connectivity index (χ0n) is 13.3. The SMILES string of the molecule is CCCCCn1cc(CCCNC2CC2)c2ccccc21. The molecule has 1 N–H and O–H groups in total. The summed E-state index contributed by atoms with van der Waals surface area (Å²) in [4.78, 5) is 0. The van der Waals surface area contributed by atoms with Gasteiger partial charge in [0.25, 0.3) is 0 Å². The molecule has 1 heterocycles. The summed E-state index contributed by atoms with van der Waals surface area (Å²) in [6.07, 6.45) is 11.5. The molecule has 0 spiro atoms.